The number of hydrogen-bond donors (Lipinski definition) is 0. The molecule has 0 saturated carbocycles. The molecule has 4 aliphatic rings. The number of hydrogen-bond acceptors (Lipinski definition) is 4. The number of carbonyl (C=O) groups is 2. The number of nitrogens with zero attached hydrogens (tertiary/aromatic N) is 2. The maximum Gasteiger partial charge on any atom is 0.229 e. The first kappa shape index (κ1) is 38.5. The molecule has 6 nitrogen and oxygen atoms in total. The predicted molar refractivity (Wildman–Crippen MR) is 219 cm³/mol. The summed E-state index contributed by atoms with van der Waals surface area (Å²) >= 11 is 0. The lowest BCUT2D eigenvalue weighted by molar-refractivity contribution is -0.153. The summed E-state index contributed by atoms with van der Waals surface area (Å²) in [5.74, 6) is 0.0702. The van der Waals surface area contributed by atoms with Gasteiger partial charge in [0.15, 0.2) is 0 Å². The summed E-state index contributed by atoms with van der Waals surface area (Å²) in [5, 5.41) is 0. The van der Waals surface area contributed by atoms with E-state index in [-0.39, 0.29) is 47.9 Å². The minimum Gasteiger partial charge on any atom is -0.350 e. The number of carbonyl (C=O) groups excluding carboxylic acids is 2. The molecule has 286 valence electrons. The van der Waals surface area contributed by atoms with Crippen molar-refractivity contribution < 1.29 is 19.1 Å². The zero-order valence-electron chi connectivity index (χ0n) is 32.9. The highest BCUT2D eigenvalue weighted by atomic mass is 16.5. The lowest BCUT2D eigenvalue weighted by Gasteiger charge is -2.38. The quantitative estimate of drug-likeness (QED) is 0.152. The lowest BCUT2D eigenvalue weighted by atomic mass is 9.84. The van der Waals surface area contributed by atoms with Crippen molar-refractivity contribution in [2.24, 2.45) is 11.8 Å². The van der Waals surface area contributed by atoms with E-state index in [1.54, 1.807) is 0 Å². The van der Waals surface area contributed by atoms with Crippen LogP contribution in [0.25, 0.3) is 0 Å². The molecule has 0 N–H and O–H groups in total. The van der Waals surface area contributed by atoms with Gasteiger partial charge < -0.3 is 19.3 Å². The Bertz CT molecular complexity index is 1990. The van der Waals surface area contributed by atoms with Gasteiger partial charge in [-0.2, -0.15) is 0 Å². The van der Waals surface area contributed by atoms with Crippen LogP contribution in [-0.2, 0) is 44.7 Å². The molecule has 2 amide bonds. The smallest absolute Gasteiger partial charge is 0.229 e. The van der Waals surface area contributed by atoms with Crippen molar-refractivity contribution in [3.05, 3.63) is 168 Å². The number of amides is 2. The maximum atomic E-state index is 13.8. The highest BCUT2D eigenvalue weighted by molar-refractivity contribution is 5.82. The topological polar surface area (TPSA) is 59.1 Å². The van der Waals surface area contributed by atoms with Crippen LogP contribution in [0.5, 0.6) is 0 Å². The maximum absolute atomic E-state index is 13.8. The summed E-state index contributed by atoms with van der Waals surface area (Å²) in [4.78, 5) is 31.5. The van der Waals surface area contributed by atoms with Crippen molar-refractivity contribution >= 4 is 11.8 Å². The lowest BCUT2D eigenvalue weighted by Crippen LogP contribution is -2.48. The van der Waals surface area contributed by atoms with Gasteiger partial charge in [-0.15, -0.1) is 13.2 Å². The molecule has 55 heavy (non-hydrogen) atoms. The SMILES string of the molecule is C=CC[C@@H](Cc1ccccc1)C(=O)N1[C@H]2c3ccccc3CC[C@H]2OC1(C)C.C=CC[C@@H](Cc1ccccc1)C(=O)N1[C@H]2c3ccccc3C[C@H]2OC1(C)C. The molecule has 2 aliphatic carbocycles. The standard InChI is InChI=1S/C25H29NO2.C24H27NO2/c1-4-10-20(17-18-11-6-5-7-12-18)24(27)26-23-21-14-9-8-13-19(21)15-16-22(23)28-25(26,2)3;1-4-10-19(15-17-11-6-5-7-12-17)23(26)25-22-20-14-9-8-13-18(20)16-21(22)27-24(25,2)3/h4-9,11-14,20,22-23H,1,10,15-17H2,2-3H3;4-9,11-14,19,21-22H,1,10,15-16H2,2-3H3/t20-,22+,23-;19-,21+,22-/m00/s1. The van der Waals surface area contributed by atoms with E-state index in [4.69, 9.17) is 9.47 Å². The van der Waals surface area contributed by atoms with Gasteiger partial charge >= 0.3 is 0 Å². The van der Waals surface area contributed by atoms with Gasteiger partial charge in [0, 0.05) is 18.3 Å². The van der Waals surface area contributed by atoms with Gasteiger partial charge in [0.05, 0.1) is 24.3 Å². The fraction of sp³-hybridized carbons (Fsp3) is 0.388. The van der Waals surface area contributed by atoms with Crippen LogP contribution in [-0.4, -0.2) is 45.3 Å². The summed E-state index contributed by atoms with van der Waals surface area (Å²) in [6.45, 7) is 15.9. The Labute approximate surface area is 327 Å². The second-order valence-electron chi connectivity index (χ2n) is 16.5. The fourth-order valence-electron chi connectivity index (χ4n) is 9.55. The first-order valence-electron chi connectivity index (χ1n) is 20.0. The number of allylic oxidation sites excluding steroid dienone is 2. The highest BCUT2D eigenvalue weighted by Crippen LogP contribution is 2.50. The van der Waals surface area contributed by atoms with Crippen LogP contribution in [0.1, 0.15) is 92.4 Å². The molecule has 0 spiro atoms. The summed E-state index contributed by atoms with van der Waals surface area (Å²) in [6.07, 6.45) is 9.44. The van der Waals surface area contributed by atoms with Gasteiger partial charge in [-0.05, 0) is 99.6 Å². The van der Waals surface area contributed by atoms with Crippen molar-refractivity contribution in [2.75, 3.05) is 0 Å². The molecular formula is C49H56N2O4. The zero-order chi connectivity index (χ0) is 38.7. The molecule has 6 heteroatoms. The Morgan fingerprint density at radius 1 is 0.636 bits per heavy atom. The van der Waals surface area contributed by atoms with Crippen molar-refractivity contribution in [1.82, 2.24) is 9.80 Å². The van der Waals surface area contributed by atoms with Crippen molar-refractivity contribution in [2.45, 2.75) is 108 Å². The molecule has 2 heterocycles. The van der Waals surface area contributed by atoms with E-state index in [2.05, 4.69) is 86.0 Å². The average molecular weight is 737 g/mol. The first-order valence-corrected chi connectivity index (χ1v) is 20.0. The number of benzene rings is 4. The molecule has 0 unspecified atom stereocenters. The van der Waals surface area contributed by atoms with Crippen LogP contribution in [0.15, 0.2) is 135 Å². The fourth-order valence-corrected chi connectivity index (χ4v) is 9.55. The molecule has 2 aliphatic heterocycles. The second-order valence-corrected chi connectivity index (χ2v) is 16.5. The third-order valence-electron chi connectivity index (χ3n) is 11.9. The molecular weight excluding hydrogens is 681 g/mol. The van der Waals surface area contributed by atoms with E-state index < -0.39 is 11.4 Å². The summed E-state index contributed by atoms with van der Waals surface area (Å²) in [7, 11) is 0. The van der Waals surface area contributed by atoms with E-state index >= 15 is 0 Å². The normalized spacial score (nSPS) is 23.6. The number of fused-ring (bicyclic) bond motifs is 6. The predicted octanol–water partition coefficient (Wildman–Crippen LogP) is 9.75. The number of ether oxygens (including phenoxy) is 2. The Hall–Kier alpha value is -4.78. The highest BCUT2D eigenvalue weighted by Gasteiger charge is 2.55. The average Bonchev–Trinajstić information content (AvgIpc) is 3.77. The Morgan fingerprint density at radius 3 is 1.56 bits per heavy atom. The van der Waals surface area contributed by atoms with Crippen LogP contribution >= 0.6 is 0 Å². The number of rotatable bonds is 10. The molecule has 2 fully saturated rings. The van der Waals surface area contributed by atoms with Crippen LogP contribution in [0, 0.1) is 11.8 Å². The van der Waals surface area contributed by atoms with Crippen LogP contribution in [0.4, 0.5) is 0 Å². The summed E-state index contributed by atoms with van der Waals surface area (Å²) < 4.78 is 12.7. The van der Waals surface area contributed by atoms with Crippen LogP contribution in [0.3, 0.4) is 0 Å². The van der Waals surface area contributed by atoms with Crippen molar-refractivity contribution in [1.29, 1.82) is 0 Å². The minimum absolute atomic E-state index is 0.00413. The van der Waals surface area contributed by atoms with E-state index in [1.807, 2.05) is 86.0 Å². The van der Waals surface area contributed by atoms with Crippen LogP contribution < -0.4 is 0 Å². The van der Waals surface area contributed by atoms with Gasteiger partial charge in [-0.3, -0.25) is 9.59 Å². The third-order valence-corrected chi connectivity index (χ3v) is 11.9. The van der Waals surface area contributed by atoms with Gasteiger partial charge in [0.25, 0.3) is 0 Å². The molecule has 8 rings (SSSR count). The van der Waals surface area contributed by atoms with Gasteiger partial charge in [0.2, 0.25) is 11.8 Å². The van der Waals surface area contributed by atoms with Gasteiger partial charge in [-0.25, -0.2) is 0 Å². The van der Waals surface area contributed by atoms with E-state index in [0.29, 0.717) is 12.8 Å². The Kier molecular flexibility index (Phi) is 11.3. The van der Waals surface area contributed by atoms with Gasteiger partial charge in [-0.1, -0.05) is 121 Å². The molecule has 2 saturated heterocycles. The zero-order valence-corrected chi connectivity index (χ0v) is 32.9. The van der Waals surface area contributed by atoms with Crippen molar-refractivity contribution in [3.63, 3.8) is 0 Å². The second kappa shape index (κ2) is 16.1. The van der Waals surface area contributed by atoms with E-state index in [1.165, 1.54) is 33.4 Å². The summed E-state index contributed by atoms with van der Waals surface area (Å²) in [5.41, 5.74) is 6.26. The molecule has 0 radical (unpaired) electrons. The Morgan fingerprint density at radius 2 is 1.05 bits per heavy atom. The monoisotopic (exact) mass is 736 g/mol. The van der Waals surface area contributed by atoms with Crippen molar-refractivity contribution in [3.8, 4) is 0 Å². The minimum atomic E-state index is -0.611. The largest absolute Gasteiger partial charge is 0.350 e. The van der Waals surface area contributed by atoms with Crippen LogP contribution in [0.2, 0.25) is 0 Å². The molecule has 4 aromatic carbocycles. The first-order chi connectivity index (χ1) is 26.5. The summed E-state index contributed by atoms with van der Waals surface area (Å²) in [6, 6.07) is 37.4. The number of aryl methyl sites for hydroxylation is 1. The molecule has 4 aromatic rings. The molecule has 0 aromatic heterocycles. The molecule has 6 atom stereocenters. The molecule has 0 bridgehead atoms. The Balaban J connectivity index is 0.000000169. The third kappa shape index (κ3) is 7.85. The van der Waals surface area contributed by atoms with E-state index in [0.717, 1.165) is 32.1 Å². The van der Waals surface area contributed by atoms with E-state index in [9.17, 15) is 9.59 Å². The van der Waals surface area contributed by atoms with Gasteiger partial charge in [0.1, 0.15) is 11.4 Å².